The van der Waals surface area contributed by atoms with Crippen LogP contribution in [0.5, 0.6) is 5.75 Å². The molecule has 0 unspecified atom stereocenters. The number of aromatic amines is 1. The highest BCUT2D eigenvalue weighted by molar-refractivity contribution is 7.71. The maximum absolute atomic E-state index is 11.9. The molecule has 2 N–H and O–H groups in total. The van der Waals surface area contributed by atoms with E-state index in [2.05, 4.69) is 22.4 Å². The van der Waals surface area contributed by atoms with Gasteiger partial charge in [0.25, 0.3) is 0 Å². The molecule has 0 fully saturated rings. The van der Waals surface area contributed by atoms with E-state index in [4.69, 9.17) is 17.0 Å². The van der Waals surface area contributed by atoms with Gasteiger partial charge in [-0.25, -0.2) is 0 Å². The molecule has 1 heterocycles. The van der Waals surface area contributed by atoms with Gasteiger partial charge in [-0.3, -0.25) is 14.5 Å². The van der Waals surface area contributed by atoms with E-state index in [0.717, 1.165) is 42.9 Å². The van der Waals surface area contributed by atoms with Crippen molar-refractivity contribution in [3.63, 3.8) is 0 Å². The third kappa shape index (κ3) is 4.92. The zero-order chi connectivity index (χ0) is 17.4. The molecular formula is C17H24N4O2S. The number of nitrogens with zero attached hydrogens (tertiary/aromatic N) is 2. The van der Waals surface area contributed by atoms with Crippen LogP contribution >= 0.6 is 12.2 Å². The van der Waals surface area contributed by atoms with Gasteiger partial charge in [0.15, 0.2) is 10.6 Å². The number of hydrogen-bond acceptors (Lipinski definition) is 4. The van der Waals surface area contributed by atoms with Gasteiger partial charge in [0, 0.05) is 25.1 Å². The van der Waals surface area contributed by atoms with Crippen molar-refractivity contribution < 1.29 is 9.53 Å². The third-order valence-electron chi connectivity index (χ3n) is 3.77. The van der Waals surface area contributed by atoms with Crippen LogP contribution in [-0.4, -0.2) is 34.3 Å². The van der Waals surface area contributed by atoms with Crippen LogP contribution < -0.4 is 10.1 Å². The minimum atomic E-state index is 0.0369. The fourth-order valence-electron chi connectivity index (χ4n) is 2.39. The van der Waals surface area contributed by atoms with Gasteiger partial charge in [0.2, 0.25) is 5.91 Å². The predicted molar refractivity (Wildman–Crippen MR) is 96.6 cm³/mol. The molecule has 24 heavy (non-hydrogen) atoms. The van der Waals surface area contributed by atoms with E-state index in [0.29, 0.717) is 17.7 Å². The fraction of sp³-hybridized carbons (Fsp3) is 0.471. The second-order valence-electron chi connectivity index (χ2n) is 5.54. The van der Waals surface area contributed by atoms with Gasteiger partial charge in [-0.15, -0.1) is 0 Å². The highest BCUT2D eigenvalue weighted by Gasteiger charge is 2.10. The quantitative estimate of drug-likeness (QED) is 0.539. The van der Waals surface area contributed by atoms with Crippen molar-refractivity contribution in [3.05, 3.63) is 29.0 Å². The Labute approximate surface area is 147 Å². The number of aromatic nitrogens is 3. The first-order chi connectivity index (χ1) is 11.7. The summed E-state index contributed by atoms with van der Waals surface area (Å²) in [6.07, 6.45) is 3.67. The number of hydrogen-bond donors (Lipinski definition) is 2. The summed E-state index contributed by atoms with van der Waals surface area (Å²) < 4.78 is 7.53. The van der Waals surface area contributed by atoms with Gasteiger partial charge >= 0.3 is 0 Å². The van der Waals surface area contributed by atoms with Crippen LogP contribution in [0.2, 0.25) is 0 Å². The molecule has 0 atom stereocenters. The lowest BCUT2D eigenvalue weighted by molar-refractivity contribution is -0.121. The van der Waals surface area contributed by atoms with E-state index in [1.54, 1.807) is 7.11 Å². The van der Waals surface area contributed by atoms with Crippen LogP contribution in [0.1, 0.15) is 32.6 Å². The molecule has 2 rings (SSSR count). The normalized spacial score (nSPS) is 10.6. The Morgan fingerprint density at radius 3 is 2.75 bits per heavy atom. The Bertz CT molecular complexity index is 706. The SMILES string of the molecule is CCCCCNC(=O)CCn1c(-c2ccc(OC)cc2)n[nH]c1=S. The standard InChI is InChI=1S/C17H24N4O2S/c1-3-4-5-11-18-15(22)10-12-21-16(19-20-17(21)24)13-6-8-14(23-2)9-7-13/h6-9H,3-5,10-12H2,1-2H3,(H,18,22)(H,20,24). The summed E-state index contributed by atoms with van der Waals surface area (Å²) in [7, 11) is 1.63. The molecule has 0 aliphatic heterocycles. The van der Waals surface area contributed by atoms with Crippen LogP contribution in [-0.2, 0) is 11.3 Å². The molecule has 130 valence electrons. The van der Waals surface area contributed by atoms with E-state index in [9.17, 15) is 4.79 Å². The zero-order valence-corrected chi connectivity index (χ0v) is 15.0. The van der Waals surface area contributed by atoms with Gasteiger partial charge in [0.05, 0.1) is 7.11 Å². The number of unbranched alkanes of at least 4 members (excludes halogenated alkanes) is 2. The molecule has 0 aliphatic rings. The minimum Gasteiger partial charge on any atom is -0.497 e. The van der Waals surface area contributed by atoms with Crippen LogP contribution in [0.4, 0.5) is 0 Å². The molecule has 2 aromatic rings. The summed E-state index contributed by atoms with van der Waals surface area (Å²) in [5, 5.41) is 10.0. The van der Waals surface area contributed by atoms with E-state index in [1.807, 2.05) is 28.8 Å². The van der Waals surface area contributed by atoms with Crippen molar-refractivity contribution in [1.82, 2.24) is 20.1 Å². The number of nitrogens with one attached hydrogen (secondary N) is 2. The minimum absolute atomic E-state index is 0.0369. The molecule has 1 aromatic heterocycles. The Morgan fingerprint density at radius 2 is 2.08 bits per heavy atom. The lowest BCUT2D eigenvalue weighted by Gasteiger charge is -2.08. The maximum atomic E-state index is 11.9. The summed E-state index contributed by atoms with van der Waals surface area (Å²) >= 11 is 5.28. The molecule has 6 nitrogen and oxygen atoms in total. The van der Waals surface area contributed by atoms with Crippen LogP contribution in [0.25, 0.3) is 11.4 Å². The maximum Gasteiger partial charge on any atom is 0.221 e. The van der Waals surface area contributed by atoms with Crippen molar-refractivity contribution in [3.8, 4) is 17.1 Å². The summed E-state index contributed by atoms with van der Waals surface area (Å²) in [6.45, 7) is 3.37. The average molecular weight is 348 g/mol. The molecule has 7 heteroatoms. The smallest absolute Gasteiger partial charge is 0.221 e. The number of ether oxygens (including phenoxy) is 1. The second-order valence-corrected chi connectivity index (χ2v) is 5.93. The zero-order valence-electron chi connectivity index (χ0n) is 14.2. The largest absolute Gasteiger partial charge is 0.497 e. The summed E-state index contributed by atoms with van der Waals surface area (Å²) in [6, 6.07) is 7.59. The predicted octanol–water partition coefficient (Wildman–Crippen LogP) is 3.31. The Hall–Kier alpha value is -2.15. The van der Waals surface area contributed by atoms with Gasteiger partial charge < -0.3 is 10.1 Å². The average Bonchev–Trinajstić information content (AvgIpc) is 2.97. The molecule has 0 saturated heterocycles. The van der Waals surface area contributed by atoms with Crippen molar-refractivity contribution in [2.45, 2.75) is 39.2 Å². The summed E-state index contributed by atoms with van der Waals surface area (Å²) in [4.78, 5) is 11.9. The Morgan fingerprint density at radius 1 is 1.33 bits per heavy atom. The summed E-state index contributed by atoms with van der Waals surface area (Å²) in [5.41, 5.74) is 0.923. The molecule has 0 saturated carbocycles. The fourth-order valence-corrected chi connectivity index (χ4v) is 2.61. The second kappa shape index (κ2) is 9.22. The van der Waals surface area contributed by atoms with E-state index >= 15 is 0 Å². The molecule has 0 radical (unpaired) electrons. The number of carbonyl (C=O) groups is 1. The first-order valence-corrected chi connectivity index (χ1v) is 8.63. The number of rotatable bonds is 9. The van der Waals surface area contributed by atoms with Crippen molar-refractivity contribution in [2.75, 3.05) is 13.7 Å². The first kappa shape index (κ1) is 18.2. The van der Waals surface area contributed by atoms with Gasteiger partial charge in [-0.1, -0.05) is 19.8 Å². The van der Waals surface area contributed by atoms with Crippen molar-refractivity contribution >= 4 is 18.1 Å². The van der Waals surface area contributed by atoms with Gasteiger partial charge in [0.1, 0.15) is 5.75 Å². The van der Waals surface area contributed by atoms with E-state index < -0.39 is 0 Å². The topological polar surface area (TPSA) is 71.9 Å². The number of methoxy groups -OCH3 is 1. The molecule has 0 spiro atoms. The lowest BCUT2D eigenvalue weighted by Crippen LogP contribution is -2.25. The molecule has 1 aromatic carbocycles. The Kier molecular flexibility index (Phi) is 6.99. The number of H-pyrrole nitrogens is 1. The molecule has 0 bridgehead atoms. The monoisotopic (exact) mass is 348 g/mol. The van der Waals surface area contributed by atoms with Crippen molar-refractivity contribution in [2.24, 2.45) is 0 Å². The number of amides is 1. The highest BCUT2D eigenvalue weighted by Crippen LogP contribution is 2.21. The van der Waals surface area contributed by atoms with Crippen LogP contribution in [0.3, 0.4) is 0 Å². The molecule has 0 aliphatic carbocycles. The van der Waals surface area contributed by atoms with Gasteiger partial charge in [-0.2, -0.15) is 5.10 Å². The van der Waals surface area contributed by atoms with Gasteiger partial charge in [-0.05, 0) is 42.9 Å². The highest BCUT2D eigenvalue weighted by atomic mass is 32.1. The summed E-state index contributed by atoms with van der Waals surface area (Å²) in [5.74, 6) is 1.54. The molecular weight excluding hydrogens is 324 g/mol. The molecule has 1 amide bonds. The lowest BCUT2D eigenvalue weighted by atomic mass is 10.2. The van der Waals surface area contributed by atoms with Crippen molar-refractivity contribution in [1.29, 1.82) is 0 Å². The van der Waals surface area contributed by atoms with Crippen LogP contribution in [0, 0.1) is 4.77 Å². The number of carbonyl (C=O) groups excluding carboxylic acids is 1. The van der Waals surface area contributed by atoms with E-state index in [-0.39, 0.29) is 5.91 Å². The van der Waals surface area contributed by atoms with E-state index in [1.165, 1.54) is 0 Å². The first-order valence-electron chi connectivity index (χ1n) is 8.22. The number of benzene rings is 1. The van der Waals surface area contributed by atoms with Crippen LogP contribution in [0.15, 0.2) is 24.3 Å². The Balaban J connectivity index is 1.99. The third-order valence-corrected chi connectivity index (χ3v) is 4.08.